The Hall–Kier alpha value is -3.69. The summed E-state index contributed by atoms with van der Waals surface area (Å²) in [5, 5.41) is 9.95. The van der Waals surface area contributed by atoms with E-state index in [1.165, 1.54) is 17.0 Å². The summed E-state index contributed by atoms with van der Waals surface area (Å²) in [7, 11) is 0. The van der Waals surface area contributed by atoms with E-state index in [-0.39, 0.29) is 17.8 Å². The molecule has 1 amide bonds. The largest absolute Gasteiger partial charge is 0.394 e. The minimum atomic E-state index is -3.62. The minimum Gasteiger partial charge on any atom is -0.394 e. The molecular formula is C22H21F4N5O. The highest BCUT2D eigenvalue weighted by molar-refractivity contribution is 5.86. The molecule has 10 heteroatoms. The molecule has 0 aliphatic carbocycles. The molecule has 3 aromatic rings. The Balaban J connectivity index is 1.44. The molecule has 0 saturated heterocycles. The van der Waals surface area contributed by atoms with Crippen molar-refractivity contribution in [3.63, 3.8) is 0 Å². The Morgan fingerprint density at radius 3 is 2.50 bits per heavy atom. The molecule has 0 radical (unpaired) electrons. The van der Waals surface area contributed by atoms with Crippen LogP contribution in [-0.2, 0) is 11.3 Å². The van der Waals surface area contributed by atoms with E-state index < -0.39 is 29.2 Å². The van der Waals surface area contributed by atoms with Crippen LogP contribution in [0.2, 0.25) is 0 Å². The van der Waals surface area contributed by atoms with Gasteiger partial charge in [0.25, 0.3) is 5.91 Å². The van der Waals surface area contributed by atoms with Crippen LogP contribution in [0.4, 0.5) is 23.2 Å². The first-order chi connectivity index (χ1) is 15.3. The first-order valence-corrected chi connectivity index (χ1v) is 9.82. The molecule has 0 unspecified atom stereocenters. The van der Waals surface area contributed by atoms with Crippen molar-refractivity contribution in [2.75, 3.05) is 12.3 Å². The molecule has 1 heterocycles. The van der Waals surface area contributed by atoms with Gasteiger partial charge in [-0.15, -0.1) is 5.10 Å². The lowest BCUT2D eigenvalue weighted by Gasteiger charge is -2.12. The first kappa shape index (κ1) is 23.0. The van der Waals surface area contributed by atoms with Gasteiger partial charge in [-0.1, -0.05) is 41.6 Å². The predicted molar refractivity (Wildman–Crippen MR) is 112 cm³/mol. The van der Waals surface area contributed by atoms with Crippen LogP contribution in [0, 0.1) is 11.6 Å². The maximum Gasteiger partial charge on any atom is 0.343 e. The Kier molecular flexibility index (Phi) is 7.24. The van der Waals surface area contributed by atoms with Crippen molar-refractivity contribution < 1.29 is 22.4 Å². The maximum atomic E-state index is 13.9. The van der Waals surface area contributed by atoms with Crippen molar-refractivity contribution in [2.24, 2.45) is 0 Å². The molecule has 32 heavy (non-hydrogen) atoms. The second-order valence-corrected chi connectivity index (χ2v) is 7.05. The molecule has 0 atom stereocenters. The van der Waals surface area contributed by atoms with Gasteiger partial charge in [0, 0.05) is 18.7 Å². The van der Waals surface area contributed by atoms with Crippen LogP contribution in [-0.4, -0.2) is 33.4 Å². The summed E-state index contributed by atoms with van der Waals surface area (Å²) in [6.07, 6.45) is 4.20. The smallest absolute Gasteiger partial charge is 0.343 e. The van der Waals surface area contributed by atoms with Crippen molar-refractivity contribution in [1.82, 2.24) is 20.3 Å². The molecule has 168 valence electrons. The van der Waals surface area contributed by atoms with Gasteiger partial charge < -0.3 is 11.1 Å². The first-order valence-electron chi connectivity index (χ1n) is 9.82. The van der Waals surface area contributed by atoms with Crippen LogP contribution in [0.15, 0.2) is 54.7 Å². The number of nitrogens with zero attached hydrogens (tertiary/aromatic N) is 3. The number of hydrogen-bond acceptors (Lipinski definition) is 4. The predicted octanol–water partition coefficient (Wildman–Crippen LogP) is 4.05. The number of nitrogens with one attached hydrogen (secondary N) is 1. The van der Waals surface area contributed by atoms with Gasteiger partial charge >= 0.3 is 5.92 Å². The zero-order valence-electron chi connectivity index (χ0n) is 16.9. The highest BCUT2D eigenvalue weighted by Crippen LogP contribution is 2.24. The Labute approximate surface area is 181 Å². The Morgan fingerprint density at radius 1 is 1.12 bits per heavy atom. The fourth-order valence-corrected chi connectivity index (χ4v) is 2.83. The lowest BCUT2D eigenvalue weighted by Crippen LogP contribution is -2.39. The van der Waals surface area contributed by atoms with E-state index in [9.17, 15) is 22.4 Å². The molecule has 0 saturated carbocycles. The summed E-state index contributed by atoms with van der Waals surface area (Å²) >= 11 is 0. The van der Waals surface area contributed by atoms with Crippen LogP contribution < -0.4 is 11.1 Å². The molecule has 2 aromatic carbocycles. The maximum absolute atomic E-state index is 13.9. The second kappa shape index (κ2) is 10.1. The number of anilines is 1. The van der Waals surface area contributed by atoms with E-state index in [0.717, 1.165) is 12.1 Å². The Bertz CT molecular complexity index is 1080. The molecule has 0 aliphatic heterocycles. The third-order valence-corrected chi connectivity index (χ3v) is 4.60. The zero-order valence-corrected chi connectivity index (χ0v) is 16.9. The van der Waals surface area contributed by atoms with Crippen LogP contribution in [0.25, 0.3) is 17.3 Å². The highest BCUT2D eigenvalue weighted by atomic mass is 19.3. The number of rotatable bonds is 9. The monoisotopic (exact) mass is 447 g/mol. The molecule has 1 aromatic heterocycles. The number of carbonyl (C=O) groups excluding carboxylic acids is 1. The number of aryl methyl sites for hydroxylation is 1. The van der Waals surface area contributed by atoms with Gasteiger partial charge in [-0.2, -0.15) is 8.78 Å². The average Bonchev–Trinajstić information content (AvgIpc) is 3.25. The van der Waals surface area contributed by atoms with E-state index in [4.69, 9.17) is 5.73 Å². The summed E-state index contributed by atoms with van der Waals surface area (Å²) in [6.45, 7) is 0.441. The average molecular weight is 447 g/mol. The SMILES string of the molecule is Nc1c(F)cc(-c2cn(CCCCNC(=O)C(F)(F)/C=C/c3ccccc3)nn2)cc1F. The molecular weight excluding hydrogens is 426 g/mol. The molecule has 0 bridgehead atoms. The van der Waals surface area contributed by atoms with Crippen molar-refractivity contribution in [3.8, 4) is 11.3 Å². The number of halogens is 4. The molecule has 0 aliphatic rings. The van der Waals surface area contributed by atoms with Gasteiger partial charge in [0.05, 0.1) is 6.20 Å². The van der Waals surface area contributed by atoms with Crippen molar-refractivity contribution in [2.45, 2.75) is 25.3 Å². The number of benzene rings is 2. The van der Waals surface area contributed by atoms with Gasteiger partial charge in [0.2, 0.25) is 0 Å². The van der Waals surface area contributed by atoms with E-state index in [0.29, 0.717) is 31.0 Å². The van der Waals surface area contributed by atoms with Gasteiger partial charge in [0.1, 0.15) is 23.0 Å². The molecule has 6 nitrogen and oxygen atoms in total. The summed E-state index contributed by atoms with van der Waals surface area (Å²) < 4.78 is 56.5. The van der Waals surface area contributed by atoms with Crippen LogP contribution in [0.1, 0.15) is 18.4 Å². The standard InChI is InChI=1S/C22H21F4N5O/c23-17-12-16(13-18(24)20(17)27)19-14-31(30-29-19)11-5-4-10-28-21(32)22(25,26)9-8-15-6-2-1-3-7-15/h1-3,6-9,12-14H,4-5,10-11,27H2,(H,28,32)/b9-8+. The number of nitrogen functional groups attached to an aromatic ring is 1. The topological polar surface area (TPSA) is 85.8 Å². The molecule has 0 fully saturated rings. The van der Waals surface area contributed by atoms with Gasteiger partial charge in [0.15, 0.2) is 0 Å². The lowest BCUT2D eigenvalue weighted by molar-refractivity contribution is -0.139. The molecule has 0 spiro atoms. The third-order valence-electron chi connectivity index (χ3n) is 4.60. The minimum absolute atomic E-state index is 0.0591. The summed E-state index contributed by atoms with van der Waals surface area (Å²) in [5.74, 6) is -6.78. The van der Waals surface area contributed by atoms with Crippen molar-refractivity contribution in [1.29, 1.82) is 0 Å². The van der Waals surface area contributed by atoms with Crippen LogP contribution in [0.3, 0.4) is 0 Å². The number of amides is 1. The fourth-order valence-electron chi connectivity index (χ4n) is 2.83. The summed E-state index contributed by atoms with van der Waals surface area (Å²) in [6, 6.07) is 10.6. The molecule has 3 rings (SSSR count). The number of unbranched alkanes of at least 4 members (excludes halogenated alkanes) is 1. The van der Waals surface area contributed by atoms with Gasteiger partial charge in [-0.25, -0.2) is 8.78 Å². The normalized spacial score (nSPS) is 11.8. The summed E-state index contributed by atoms with van der Waals surface area (Å²) in [5.41, 5.74) is 5.71. The van der Waals surface area contributed by atoms with E-state index in [1.807, 2.05) is 0 Å². The number of carbonyl (C=O) groups is 1. The van der Waals surface area contributed by atoms with Crippen LogP contribution >= 0.6 is 0 Å². The number of nitrogens with two attached hydrogens (primary N) is 1. The number of aromatic nitrogens is 3. The van der Waals surface area contributed by atoms with Gasteiger partial charge in [-0.05, 0) is 36.6 Å². The number of hydrogen-bond donors (Lipinski definition) is 2. The lowest BCUT2D eigenvalue weighted by atomic mass is 10.1. The Morgan fingerprint density at radius 2 is 1.81 bits per heavy atom. The number of alkyl halides is 2. The summed E-state index contributed by atoms with van der Waals surface area (Å²) in [4.78, 5) is 11.7. The molecule has 3 N–H and O–H groups in total. The van der Waals surface area contributed by atoms with Crippen molar-refractivity contribution >= 4 is 17.7 Å². The van der Waals surface area contributed by atoms with E-state index >= 15 is 0 Å². The van der Waals surface area contributed by atoms with E-state index in [1.54, 1.807) is 30.3 Å². The fraction of sp³-hybridized carbons (Fsp3) is 0.227. The van der Waals surface area contributed by atoms with Gasteiger partial charge in [-0.3, -0.25) is 9.48 Å². The zero-order chi connectivity index (χ0) is 23.1. The van der Waals surface area contributed by atoms with Crippen molar-refractivity contribution in [3.05, 3.63) is 71.9 Å². The van der Waals surface area contributed by atoms with Crippen LogP contribution in [0.5, 0.6) is 0 Å². The third kappa shape index (κ3) is 5.93. The highest BCUT2D eigenvalue weighted by Gasteiger charge is 2.35. The van der Waals surface area contributed by atoms with E-state index in [2.05, 4.69) is 15.6 Å². The quantitative estimate of drug-likeness (QED) is 0.294. The second-order valence-electron chi connectivity index (χ2n) is 7.05.